The van der Waals surface area contributed by atoms with Gasteiger partial charge in [-0.05, 0) is 26.1 Å². The van der Waals surface area contributed by atoms with Crippen molar-refractivity contribution in [2.75, 3.05) is 39.4 Å². The molecule has 0 heterocycles. The van der Waals surface area contributed by atoms with Gasteiger partial charge < -0.3 is 15.3 Å². The molecule has 0 aromatic carbocycles. The highest BCUT2D eigenvalue weighted by Crippen LogP contribution is 2.03. The van der Waals surface area contributed by atoms with Crippen molar-refractivity contribution in [3.8, 4) is 0 Å². The Morgan fingerprint density at radius 1 is 1.20 bits per heavy atom. The van der Waals surface area contributed by atoms with Crippen molar-refractivity contribution in [2.24, 2.45) is 5.73 Å². The van der Waals surface area contributed by atoms with Crippen LogP contribution >= 0.6 is 0 Å². The van der Waals surface area contributed by atoms with E-state index in [-0.39, 0.29) is 6.61 Å². The van der Waals surface area contributed by atoms with Crippen molar-refractivity contribution in [3.63, 3.8) is 0 Å². The van der Waals surface area contributed by atoms with Gasteiger partial charge >= 0.3 is 0 Å². The summed E-state index contributed by atoms with van der Waals surface area (Å²) in [5, 5.41) is 8.84. The third-order valence-corrected chi connectivity index (χ3v) is 3.09. The summed E-state index contributed by atoms with van der Waals surface area (Å²) < 4.78 is 5.75. The van der Waals surface area contributed by atoms with Crippen molar-refractivity contribution < 1.29 is 9.53 Å². The zero-order valence-electron chi connectivity index (χ0n) is 10.3. The Hall–Kier alpha value is 0.0569. The molecule has 0 aliphatic carbocycles. The first-order chi connectivity index (χ1) is 6.99. The van der Waals surface area contributed by atoms with Crippen LogP contribution in [0.4, 0.5) is 0 Å². The van der Waals surface area contributed by atoms with E-state index in [0.717, 1.165) is 26.1 Å². The zero-order chi connectivity index (χ0) is 11.7. The Bertz CT molecular complexity index is 145. The van der Waals surface area contributed by atoms with Gasteiger partial charge in [0.05, 0.1) is 6.61 Å². The maximum absolute atomic E-state index is 8.84. The average molecular weight is 234 g/mol. The van der Waals surface area contributed by atoms with Crippen LogP contribution in [0.5, 0.6) is 0 Å². The van der Waals surface area contributed by atoms with Crippen LogP contribution < -0.4 is 5.73 Å². The van der Waals surface area contributed by atoms with Crippen LogP contribution in [0.15, 0.2) is 0 Å². The molecule has 0 saturated heterocycles. The lowest BCUT2D eigenvalue weighted by Gasteiger charge is -2.22. The average Bonchev–Trinajstić information content (AvgIpc) is 2.11. The van der Waals surface area contributed by atoms with E-state index in [1.165, 1.54) is 0 Å². The number of aliphatic hydroxyl groups is 1. The number of rotatable bonds is 9. The Morgan fingerprint density at radius 2 is 1.87 bits per heavy atom. The molecule has 0 aliphatic rings. The number of nitrogens with zero attached hydrogens (tertiary/aromatic N) is 1. The molecule has 0 unspecified atom stereocenters. The first kappa shape index (κ1) is 15.1. The van der Waals surface area contributed by atoms with Crippen LogP contribution in [0.1, 0.15) is 6.42 Å². The van der Waals surface area contributed by atoms with Crippen LogP contribution in [0.3, 0.4) is 0 Å². The highest BCUT2D eigenvalue weighted by Gasteiger charge is 2.13. The first-order valence-corrected chi connectivity index (χ1v) is 9.07. The predicted octanol–water partition coefficient (Wildman–Crippen LogP) is 0.481. The molecule has 15 heavy (non-hydrogen) atoms. The van der Waals surface area contributed by atoms with Crippen molar-refractivity contribution in [1.29, 1.82) is 0 Å². The van der Waals surface area contributed by atoms with Gasteiger partial charge in [0.2, 0.25) is 0 Å². The van der Waals surface area contributed by atoms with E-state index < -0.39 is 8.32 Å². The highest BCUT2D eigenvalue weighted by atomic mass is 28.4. The summed E-state index contributed by atoms with van der Waals surface area (Å²) in [6, 6.07) is 0. The van der Waals surface area contributed by atoms with E-state index in [0.29, 0.717) is 13.1 Å². The smallest absolute Gasteiger partial charge is 0.183 e. The quantitative estimate of drug-likeness (QED) is 0.450. The van der Waals surface area contributed by atoms with Crippen LogP contribution in [0.2, 0.25) is 19.6 Å². The molecule has 4 nitrogen and oxygen atoms in total. The number of nitrogens with two attached hydrogens (primary N) is 1. The highest BCUT2D eigenvalue weighted by molar-refractivity contribution is 6.69. The molecule has 0 aromatic rings. The van der Waals surface area contributed by atoms with Gasteiger partial charge in [0.15, 0.2) is 8.32 Å². The summed E-state index contributed by atoms with van der Waals surface area (Å²) in [5.41, 5.74) is 5.49. The molecule has 0 radical (unpaired) electrons. The summed E-state index contributed by atoms with van der Waals surface area (Å²) in [6.45, 7) is 10.8. The van der Waals surface area contributed by atoms with Gasteiger partial charge in [-0.25, -0.2) is 0 Å². The molecular weight excluding hydrogens is 208 g/mol. The molecule has 0 saturated carbocycles. The summed E-state index contributed by atoms with van der Waals surface area (Å²) in [7, 11) is -1.36. The van der Waals surface area contributed by atoms with Crippen molar-refractivity contribution >= 4 is 8.32 Å². The van der Waals surface area contributed by atoms with Gasteiger partial charge in [-0.15, -0.1) is 0 Å². The van der Waals surface area contributed by atoms with Gasteiger partial charge in [-0.2, -0.15) is 0 Å². The SMILES string of the molecule is C[Si](C)(C)OCCCN(CCN)CCO. The fourth-order valence-electron chi connectivity index (χ4n) is 1.33. The van der Waals surface area contributed by atoms with Crippen molar-refractivity contribution in [2.45, 2.75) is 26.1 Å². The maximum atomic E-state index is 8.84. The number of hydrogen-bond donors (Lipinski definition) is 2. The Labute approximate surface area is 94.5 Å². The van der Waals surface area contributed by atoms with Crippen LogP contribution in [-0.4, -0.2) is 57.7 Å². The largest absolute Gasteiger partial charge is 0.418 e. The topological polar surface area (TPSA) is 58.7 Å². The molecule has 92 valence electrons. The molecule has 0 fully saturated rings. The first-order valence-electron chi connectivity index (χ1n) is 5.67. The van der Waals surface area contributed by atoms with E-state index in [1.54, 1.807) is 0 Å². The van der Waals surface area contributed by atoms with E-state index in [9.17, 15) is 0 Å². The standard InChI is InChI=1S/C10H26N2O2Si/c1-15(2,3)14-10-4-6-12(7-5-11)8-9-13/h13H,4-11H2,1-3H3. The molecule has 0 rings (SSSR count). The van der Waals surface area contributed by atoms with Crippen molar-refractivity contribution in [1.82, 2.24) is 4.90 Å². The lowest BCUT2D eigenvalue weighted by Crippen LogP contribution is -2.34. The Balaban J connectivity index is 3.52. The molecule has 5 heteroatoms. The summed E-state index contributed by atoms with van der Waals surface area (Å²) in [6.07, 6.45) is 1.02. The van der Waals surface area contributed by atoms with E-state index in [1.807, 2.05) is 0 Å². The van der Waals surface area contributed by atoms with Crippen molar-refractivity contribution in [3.05, 3.63) is 0 Å². The second kappa shape index (κ2) is 8.24. The monoisotopic (exact) mass is 234 g/mol. The second-order valence-corrected chi connectivity index (χ2v) is 9.18. The fourth-order valence-corrected chi connectivity index (χ4v) is 2.08. The van der Waals surface area contributed by atoms with E-state index >= 15 is 0 Å². The van der Waals surface area contributed by atoms with Gasteiger partial charge in [0, 0.05) is 32.8 Å². The van der Waals surface area contributed by atoms with Gasteiger partial charge in [-0.1, -0.05) is 0 Å². The van der Waals surface area contributed by atoms with E-state index in [2.05, 4.69) is 24.5 Å². The molecule has 0 spiro atoms. The van der Waals surface area contributed by atoms with E-state index in [4.69, 9.17) is 15.3 Å². The zero-order valence-corrected chi connectivity index (χ0v) is 11.3. The maximum Gasteiger partial charge on any atom is 0.183 e. The lowest BCUT2D eigenvalue weighted by atomic mass is 10.4. The third-order valence-electron chi connectivity index (χ3n) is 2.02. The summed E-state index contributed by atoms with van der Waals surface area (Å²) in [5.74, 6) is 0. The molecule has 0 bridgehead atoms. The predicted molar refractivity (Wildman–Crippen MR) is 66.5 cm³/mol. The van der Waals surface area contributed by atoms with Crippen LogP contribution in [0.25, 0.3) is 0 Å². The molecule has 3 N–H and O–H groups in total. The normalized spacial score (nSPS) is 12.4. The van der Waals surface area contributed by atoms with Gasteiger partial charge in [0.1, 0.15) is 0 Å². The summed E-state index contributed by atoms with van der Waals surface area (Å²) in [4.78, 5) is 2.17. The van der Waals surface area contributed by atoms with Crippen LogP contribution in [-0.2, 0) is 4.43 Å². The van der Waals surface area contributed by atoms with Gasteiger partial charge in [0.25, 0.3) is 0 Å². The van der Waals surface area contributed by atoms with Gasteiger partial charge in [-0.3, -0.25) is 4.90 Å². The lowest BCUT2D eigenvalue weighted by molar-refractivity contribution is 0.185. The Morgan fingerprint density at radius 3 is 2.33 bits per heavy atom. The molecule has 0 amide bonds. The fraction of sp³-hybridized carbons (Fsp3) is 1.00. The third kappa shape index (κ3) is 10.3. The number of aliphatic hydroxyl groups excluding tert-OH is 1. The van der Waals surface area contributed by atoms with Crippen LogP contribution in [0, 0.1) is 0 Å². The number of hydrogen-bond acceptors (Lipinski definition) is 4. The Kier molecular flexibility index (Phi) is 8.27. The minimum absolute atomic E-state index is 0.203. The molecular formula is C10H26N2O2Si. The minimum atomic E-state index is -1.36. The molecule has 0 aliphatic heterocycles. The molecule has 0 atom stereocenters. The minimum Gasteiger partial charge on any atom is -0.418 e. The molecule has 0 aromatic heterocycles. The second-order valence-electron chi connectivity index (χ2n) is 4.67. The summed E-state index contributed by atoms with van der Waals surface area (Å²) >= 11 is 0.